The van der Waals surface area contributed by atoms with Crippen LogP contribution in [0.1, 0.15) is 13.3 Å². The maximum Gasteiger partial charge on any atom is 0.311 e. The molecule has 0 amide bonds. The lowest BCUT2D eigenvalue weighted by Crippen LogP contribution is -2.54. The normalized spacial score (nSPS) is 19.2. The number of benzene rings is 1. The van der Waals surface area contributed by atoms with E-state index in [2.05, 4.69) is 10.3 Å². The third-order valence-electron chi connectivity index (χ3n) is 5.60. The highest BCUT2D eigenvalue weighted by Crippen LogP contribution is 2.37. The van der Waals surface area contributed by atoms with Gasteiger partial charge in [0.15, 0.2) is 5.65 Å². The fraction of sp³-hybridized carbons (Fsp3) is 0.350. The fourth-order valence-corrected chi connectivity index (χ4v) is 5.20. The summed E-state index contributed by atoms with van der Waals surface area (Å²) in [6, 6.07) is 7.60. The summed E-state index contributed by atoms with van der Waals surface area (Å²) in [7, 11) is -4.04. The first-order valence-electron chi connectivity index (χ1n) is 9.97. The number of likely N-dealkylation sites (tertiary alicyclic amines) is 1. The maximum atomic E-state index is 14.7. The van der Waals surface area contributed by atoms with Crippen LogP contribution < -0.4 is 5.32 Å². The van der Waals surface area contributed by atoms with Gasteiger partial charge in [0.25, 0.3) is 15.9 Å². The summed E-state index contributed by atoms with van der Waals surface area (Å²) in [5, 5.41) is 14.3. The summed E-state index contributed by atoms with van der Waals surface area (Å²) in [6.07, 6.45) is 2.18. The third-order valence-corrected chi connectivity index (χ3v) is 7.28. The number of nitrogens with zero attached hydrogens (tertiary/aromatic N) is 4. The van der Waals surface area contributed by atoms with Crippen molar-refractivity contribution in [2.75, 3.05) is 25.0 Å². The summed E-state index contributed by atoms with van der Waals surface area (Å²) in [6.45, 7) is 2.21. The minimum absolute atomic E-state index is 0.00522. The molecule has 0 bridgehead atoms. The first kappa shape index (κ1) is 22.1. The van der Waals surface area contributed by atoms with Crippen LogP contribution in [0.5, 0.6) is 0 Å². The predicted molar refractivity (Wildman–Crippen MR) is 115 cm³/mol. The molecule has 0 saturated carbocycles. The summed E-state index contributed by atoms with van der Waals surface area (Å²) in [4.78, 5) is 16.5. The third kappa shape index (κ3) is 3.79. The fourth-order valence-electron chi connectivity index (χ4n) is 3.87. The van der Waals surface area contributed by atoms with Crippen molar-refractivity contribution < 1.29 is 22.1 Å². The molecular formula is C20H21F2N5O4S. The van der Waals surface area contributed by atoms with E-state index in [1.54, 1.807) is 30.0 Å². The molecule has 9 nitrogen and oxygen atoms in total. The Morgan fingerprint density at radius 2 is 2.00 bits per heavy atom. The number of fused-ring (bicyclic) bond motifs is 1. The average Bonchev–Trinajstić information content (AvgIpc) is 3.20. The molecule has 3 heterocycles. The summed E-state index contributed by atoms with van der Waals surface area (Å²) >= 11 is 0. The Balaban J connectivity index is 1.81. The number of hydrogen-bond donors (Lipinski definition) is 1. The average molecular weight is 465 g/mol. The molecular weight excluding hydrogens is 444 g/mol. The van der Waals surface area contributed by atoms with Gasteiger partial charge in [-0.15, -0.1) is 0 Å². The standard InChI is InChI=1S/C20H21F2N5O4S/c1-2-25-10-9-17(20(21,22)13-25)24-18-15-8-11-26(19(15)23-12-16(18)27(28)29)32(30,31)14-6-4-3-5-7-14/h3-8,11-12,17H,2,9-10,13H2,1H3,(H,23,24). The van der Waals surface area contributed by atoms with Crippen LogP contribution in [-0.4, -0.2) is 58.8 Å². The van der Waals surface area contributed by atoms with Crippen molar-refractivity contribution in [2.45, 2.75) is 30.2 Å². The molecule has 0 spiro atoms. The van der Waals surface area contributed by atoms with Crippen LogP contribution in [-0.2, 0) is 10.0 Å². The second kappa shape index (κ2) is 8.10. The van der Waals surface area contributed by atoms with Crippen LogP contribution in [0.2, 0.25) is 0 Å². The second-order valence-electron chi connectivity index (χ2n) is 7.56. The number of anilines is 1. The van der Waals surface area contributed by atoms with Crippen molar-refractivity contribution in [3.05, 3.63) is 58.9 Å². The highest BCUT2D eigenvalue weighted by molar-refractivity contribution is 7.90. The molecule has 3 aromatic rings. The lowest BCUT2D eigenvalue weighted by Gasteiger charge is -2.38. The van der Waals surface area contributed by atoms with Crippen molar-refractivity contribution in [2.24, 2.45) is 0 Å². The van der Waals surface area contributed by atoms with E-state index in [0.717, 1.165) is 10.2 Å². The molecule has 4 rings (SSSR count). The van der Waals surface area contributed by atoms with Gasteiger partial charge < -0.3 is 5.32 Å². The van der Waals surface area contributed by atoms with E-state index in [9.17, 15) is 27.3 Å². The molecule has 32 heavy (non-hydrogen) atoms. The quantitative estimate of drug-likeness (QED) is 0.439. The highest BCUT2D eigenvalue weighted by Gasteiger charge is 2.45. The summed E-state index contributed by atoms with van der Waals surface area (Å²) < 4.78 is 56.5. The first-order valence-corrected chi connectivity index (χ1v) is 11.4. The van der Waals surface area contributed by atoms with Gasteiger partial charge in [0.2, 0.25) is 0 Å². The van der Waals surface area contributed by atoms with E-state index in [1.165, 1.54) is 24.4 Å². The summed E-state index contributed by atoms with van der Waals surface area (Å²) in [5.41, 5.74) is -0.756. The van der Waals surface area contributed by atoms with Gasteiger partial charge in [-0.05, 0) is 31.2 Å². The molecule has 0 aliphatic carbocycles. The lowest BCUT2D eigenvalue weighted by molar-refractivity contribution is -0.384. The first-order chi connectivity index (χ1) is 15.1. The highest BCUT2D eigenvalue weighted by atomic mass is 32.2. The van der Waals surface area contributed by atoms with Crippen LogP contribution in [0.4, 0.5) is 20.2 Å². The molecule has 1 N–H and O–H groups in total. The SMILES string of the molecule is CCN1CCC(Nc2c([N+](=O)[O-])cnc3c2ccn3S(=O)(=O)c2ccccc2)C(F)(F)C1. The smallest absolute Gasteiger partial charge is 0.311 e. The second-order valence-corrected chi connectivity index (χ2v) is 9.37. The van der Waals surface area contributed by atoms with E-state index < -0.39 is 39.1 Å². The Kier molecular flexibility index (Phi) is 5.59. The molecule has 0 radical (unpaired) electrons. The Hall–Kier alpha value is -3.12. The van der Waals surface area contributed by atoms with Gasteiger partial charge in [-0.3, -0.25) is 15.0 Å². The number of piperidine rings is 1. The molecule has 1 unspecified atom stereocenters. The zero-order valence-corrected chi connectivity index (χ0v) is 17.9. The summed E-state index contributed by atoms with van der Waals surface area (Å²) in [5.74, 6) is -3.13. The largest absolute Gasteiger partial charge is 0.370 e. The number of alkyl halides is 2. The van der Waals surface area contributed by atoms with Gasteiger partial charge in [0, 0.05) is 12.7 Å². The van der Waals surface area contributed by atoms with Crippen molar-refractivity contribution >= 4 is 32.4 Å². The molecule has 1 aromatic carbocycles. The molecule has 2 aromatic heterocycles. The topological polar surface area (TPSA) is 110 Å². The predicted octanol–water partition coefficient (Wildman–Crippen LogP) is 3.32. The number of pyridine rings is 1. The Morgan fingerprint density at radius 1 is 1.28 bits per heavy atom. The molecule has 1 aliphatic heterocycles. The van der Waals surface area contributed by atoms with Crippen LogP contribution in [0.25, 0.3) is 11.0 Å². The van der Waals surface area contributed by atoms with Gasteiger partial charge in [0.1, 0.15) is 11.9 Å². The van der Waals surface area contributed by atoms with Gasteiger partial charge in [-0.25, -0.2) is 26.2 Å². The molecule has 170 valence electrons. The van der Waals surface area contributed by atoms with Gasteiger partial charge in [-0.2, -0.15) is 0 Å². The van der Waals surface area contributed by atoms with Crippen LogP contribution in [0.15, 0.2) is 53.7 Å². The zero-order chi connectivity index (χ0) is 23.1. The van der Waals surface area contributed by atoms with Crippen LogP contribution in [0.3, 0.4) is 0 Å². The minimum atomic E-state index is -4.04. The molecule has 1 atom stereocenters. The van der Waals surface area contributed by atoms with Crippen molar-refractivity contribution in [1.29, 1.82) is 0 Å². The van der Waals surface area contributed by atoms with Crippen molar-refractivity contribution in [1.82, 2.24) is 13.9 Å². The van der Waals surface area contributed by atoms with E-state index in [1.807, 2.05) is 0 Å². The number of halogens is 2. The van der Waals surface area contributed by atoms with Crippen LogP contribution in [0, 0.1) is 10.1 Å². The Bertz CT molecular complexity index is 1260. The van der Waals surface area contributed by atoms with E-state index >= 15 is 0 Å². The van der Waals surface area contributed by atoms with E-state index in [4.69, 9.17) is 0 Å². The molecule has 12 heteroatoms. The van der Waals surface area contributed by atoms with E-state index in [0.29, 0.717) is 13.1 Å². The number of nitrogens with one attached hydrogen (secondary N) is 1. The van der Waals surface area contributed by atoms with Gasteiger partial charge in [0.05, 0.1) is 27.8 Å². The number of nitro groups is 1. The minimum Gasteiger partial charge on any atom is -0.370 e. The van der Waals surface area contributed by atoms with Crippen molar-refractivity contribution in [3.63, 3.8) is 0 Å². The zero-order valence-electron chi connectivity index (χ0n) is 17.1. The number of aromatic nitrogens is 2. The molecule has 1 saturated heterocycles. The monoisotopic (exact) mass is 465 g/mol. The Morgan fingerprint density at radius 3 is 2.62 bits per heavy atom. The maximum absolute atomic E-state index is 14.7. The number of rotatable bonds is 6. The Labute approximate surface area is 182 Å². The van der Waals surface area contributed by atoms with Crippen LogP contribution >= 0.6 is 0 Å². The lowest BCUT2D eigenvalue weighted by atomic mass is 10.00. The van der Waals surface area contributed by atoms with Crippen molar-refractivity contribution in [3.8, 4) is 0 Å². The van der Waals surface area contributed by atoms with Gasteiger partial charge in [-0.1, -0.05) is 25.1 Å². The van der Waals surface area contributed by atoms with Gasteiger partial charge >= 0.3 is 5.69 Å². The van der Waals surface area contributed by atoms with E-state index in [-0.39, 0.29) is 28.0 Å². The number of hydrogen-bond acceptors (Lipinski definition) is 7. The molecule has 1 aliphatic rings. The molecule has 1 fully saturated rings.